The van der Waals surface area contributed by atoms with Crippen molar-refractivity contribution in [1.82, 2.24) is 0 Å². The number of carbonyl (C=O) groups excluding carboxylic acids is 1. The first-order chi connectivity index (χ1) is 7.45. The SMILES string of the molecule is C=CCCCCCCCC(=O)O[Si](C)(C)C. The second-order valence-electron chi connectivity index (χ2n) is 5.18. The van der Waals surface area contributed by atoms with Crippen LogP contribution in [0.5, 0.6) is 0 Å². The molecular weight excluding hydrogens is 216 g/mol. The fraction of sp³-hybridized carbons (Fsp3) is 0.769. The molecule has 0 aromatic carbocycles. The van der Waals surface area contributed by atoms with E-state index in [1.165, 1.54) is 19.3 Å². The summed E-state index contributed by atoms with van der Waals surface area (Å²) in [5.41, 5.74) is 0. The first-order valence-corrected chi connectivity index (χ1v) is 9.69. The van der Waals surface area contributed by atoms with Gasteiger partial charge in [-0.15, -0.1) is 6.58 Å². The van der Waals surface area contributed by atoms with Crippen molar-refractivity contribution in [3.05, 3.63) is 12.7 Å². The van der Waals surface area contributed by atoms with Crippen LogP contribution in [0.3, 0.4) is 0 Å². The number of hydrogen-bond donors (Lipinski definition) is 0. The van der Waals surface area contributed by atoms with Gasteiger partial charge < -0.3 is 4.43 Å². The van der Waals surface area contributed by atoms with Crippen molar-refractivity contribution >= 4 is 14.3 Å². The van der Waals surface area contributed by atoms with Gasteiger partial charge in [-0.25, -0.2) is 0 Å². The van der Waals surface area contributed by atoms with E-state index in [1.807, 2.05) is 25.7 Å². The van der Waals surface area contributed by atoms with E-state index in [9.17, 15) is 4.79 Å². The Balaban J connectivity index is 3.31. The van der Waals surface area contributed by atoms with Crippen LogP contribution < -0.4 is 0 Å². The van der Waals surface area contributed by atoms with Gasteiger partial charge in [0.2, 0.25) is 8.32 Å². The molecule has 0 unspecified atom stereocenters. The molecule has 16 heavy (non-hydrogen) atoms. The number of carbonyl (C=O) groups is 1. The number of rotatable bonds is 9. The van der Waals surface area contributed by atoms with Crippen molar-refractivity contribution in [1.29, 1.82) is 0 Å². The lowest BCUT2D eigenvalue weighted by Crippen LogP contribution is -2.28. The Hall–Kier alpha value is -0.573. The van der Waals surface area contributed by atoms with E-state index in [0.717, 1.165) is 19.3 Å². The second kappa shape index (κ2) is 8.56. The largest absolute Gasteiger partial charge is 0.520 e. The van der Waals surface area contributed by atoms with E-state index in [4.69, 9.17) is 4.43 Å². The number of unbranched alkanes of at least 4 members (excludes halogenated alkanes) is 5. The zero-order valence-electron chi connectivity index (χ0n) is 11.1. The minimum Gasteiger partial charge on any atom is -0.520 e. The van der Waals surface area contributed by atoms with Gasteiger partial charge in [0, 0.05) is 6.42 Å². The summed E-state index contributed by atoms with van der Waals surface area (Å²) in [6.07, 6.45) is 9.45. The van der Waals surface area contributed by atoms with Crippen LogP contribution in [0, 0.1) is 0 Å². The summed E-state index contributed by atoms with van der Waals surface area (Å²) in [5.74, 6) is -0.00902. The summed E-state index contributed by atoms with van der Waals surface area (Å²) in [5, 5.41) is 0. The topological polar surface area (TPSA) is 26.3 Å². The van der Waals surface area contributed by atoms with Crippen LogP contribution in [0.4, 0.5) is 0 Å². The van der Waals surface area contributed by atoms with Crippen LogP contribution in [0.1, 0.15) is 44.9 Å². The molecule has 0 heterocycles. The molecule has 0 aromatic heterocycles. The summed E-state index contributed by atoms with van der Waals surface area (Å²) >= 11 is 0. The predicted molar refractivity (Wildman–Crippen MR) is 72.0 cm³/mol. The Morgan fingerprint density at radius 2 is 1.69 bits per heavy atom. The quantitative estimate of drug-likeness (QED) is 0.343. The molecule has 0 rings (SSSR count). The van der Waals surface area contributed by atoms with Gasteiger partial charge in [-0.2, -0.15) is 0 Å². The third-order valence-electron chi connectivity index (χ3n) is 2.21. The Bertz CT molecular complexity index is 206. The Morgan fingerprint density at radius 1 is 1.12 bits per heavy atom. The average Bonchev–Trinajstić information content (AvgIpc) is 2.13. The fourth-order valence-electron chi connectivity index (χ4n) is 1.48. The van der Waals surface area contributed by atoms with E-state index >= 15 is 0 Å². The molecule has 0 aliphatic carbocycles. The Labute approximate surface area is 101 Å². The van der Waals surface area contributed by atoms with Gasteiger partial charge in [0.1, 0.15) is 0 Å². The van der Waals surface area contributed by atoms with Gasteiger partial charge in [0.05, 0.1) is 0 Å². The van der Waals surface area contributed by atoms with E-state index in [2.05, 4.69) is 6.58 Å². The molecule has 0 amide bonds. The maximum Gasteiger partial charge on any atom is 0.292 e. The molecule has 0 atom stereocenters. The molecule has 0 saturated carbocycles. The van der Waals surface area contributed by atoms with E-state index in [-0.39, 0.29) is 5.97 Å². The summed E-state index contributed by atoms with van der Waals surface area (Å²) < 4.78 is 5.37. The lowest BCUT2D eigenvalue weighted by atomic mass is 10.1. The molecule has 0 aliphatic heterocycles. The standard InChI is InChI=1S/C13H26O2Si/c1-5-6-7-8-9-10-11-12-13(14)15-16(2,3)4/h5H,1,6-12H2,2-4H3. The molecule has 0 saturated heterocycles. The Kier molecular flexibility index (Phi) is 8.26. The zero-order valence-corrected chi connectivity index (χ0v) is 12.1. The van der Waals surface area contributed by atoms with Crippen LogP contribution in [-0.2, 0) is 9.22 Å². The fourth-order valence-corrected chi connectivity index (χ4v) is 2.27. The van der Waals surface area contributed by atoms with Crippen LogP contribution in [-0.4, -0.2) is 14.3 Å². The third-order valence-corrected chi connectivity index (χ3v) is 3.05. The summed E-state index contributed by atoms with van der Waals surface area (Å²) in [6.45, 7) is 9.82. The summed E-state index contributed by atoms with van der Waals surface area (Å²) in [6, 6.07) is 0. The monoisotopic (exact) mass is 242 g/mol. The maximum atomic E-state index is 11.4. The smallest absolute Gasteiger partial charge is 0.292 e. The zero-order chi connectivity index (χ0) is 12.4. The highest BCUT2D eigenvalue weighted by molar-refractivity contribution is 6.71. The lowest BCUT2D eigenvalue weighted by molar-refractivity contribution is -0.135. The number of allylic oxidation sites excluding steroid dienone is 1. The molecule has 94 valence electrons. The van der Waals surface area contributed by atoms with Crippen molar-refractivity contribution in [3.8, 4) is 0 Å². The Morgan fingerprint density at radius 3 is 2.25 bits per heavy atom. The first kappa shape index (κ1) is 15.4. The van der Waals surface area contributed by atoms with E-state index in [0.29, 0.717) is 6.42 Å². The van der Waals surface area contributed by atoms with E-state index < -0.39 is 8.32 Å². The highest BCUT2D eigenvalue weighted by Gasteiger charge is 2.19. The van der Waals surface area contributed by atoms with Gasteiger partial charge in [-0.05, 0) is 38.9 Å². The van der Waals surface area contributed by atoms with Crippen molar-refractivity contribution in [2.24, 2.45) is 0 Å². The van der Waals surface area contributed by atoms with Crippen molar-refractivity contribution in [3.63, 3.8) is 0 Å². The number of hydrogen-bond acceptors (Lipinski definition) is 2. The molecule has 2 nitrogen and oxygen atoms in total. The summed E-state index contributed by atoms with van der Waals surface area (Å²) in [7, 11) is -1.67. The van der Waals surface area contributed by atoms with Crippen molar-refractivity contribution < 1.29 is 9.22 Å². The average molecular weight is 242 g/mol. The first-order valence-electron chi connectivity index (χ1n) is 6.28. The van der Waals surface area contributed by atoms with Gasteiger partial charge in [-0.3, -0.25) is 4.79 Å². The molecule has 0 spiro atoms. The van der Waals surface area contributed by atoms with Crippen LogP contribution in [0.15, 0.2) is 12.7 Å². The predicted octanol–water partition coefficient (Wildman–Crippen LogP) is 4.28. The molecule has 0 bridgehead atoms. The van der Waals surface area contributed by atoms with Gasteiger partial charge in [0.25, 0.3) is 5.97 Å². The molecule has 0 aromatic rings. The molecule has 0 radical (unpaired) electrons. The van der Waals surface area contributed by atoms with Crippen LogP contribution >= 0.6 is 0 Å². The second-order valence-corrected chi connectivity index (χ2v) is 9.61. The summed E-state index contributed by atoms with van der Waals surface area (Å²) in [4.78, 5) is 11.4. The van der Waals surface area contributed by atoms with Crippen LogP contribution in [0.2, 0.25) is 19.6 Å². The van der Waals surface area contributed by atoms with Gasteiger partial charge in [0.15, 0.2) is 0 Å². The molecule has 0 aliphatic rings. The van der Waals surface area contributed by atoms with Crippen molar-refractivity contribution in [2.75, 3.05) is 0 Å². The molecule has 0 N–H and O–H groups in total. The van der Waals surface area contributed by atoms with Crippen molar-refractivity contribution in [2.45, 2.75) is 64.6 Å². The van der Waals surface area contributed by atoms with Gasteiger partial charge >= 0.3 is 0 Å². The molecule has 0 fully saturated rings. The van der Waals surface area contributed by atoms with Crippen LogP contribution in [0.25, 0.3) is 0 Å². The van der Waals surface area contributed by atoms with Gasteiger partial charge in [-0.1, -0.05) is 25.3 Å². The third kappa shape index (κ3) is 11.5. The normalized spacial score (nSPS) is 11.2. The molecule has 3 heteroatoms. The molecular formula is C13H26O2Si. The highest BCUT2D eigenvalue weighted by atomic mass is 28.4. The lowest BCUT2D eigenvalue weighted by Gasteiger charge is -2.17. The van der Waals surface area contributed by atoms with E-state index in [1.54, 1.807) is 0 Å². The minimum absolute atomic E-state index is 0.00902. The minimum atomic E-state index is -1.67. The highest BCUT2D eigenvalue weighted by Crippen LogP contribution is 2.10. The maximum absolute atomic E-state index is 11.4.